The highest BCUT2D eigenvalue weighted by Crippen LogP contribution is 2.37. The largest absolute Gasteiger partial charge is 0.396 e. The summed E-state index contributed by atoms with van der Waals surface area (Å²) in [6.45, 7) is 4.08. The minimum absolute atomic E-state index is 0.0526. The van der Waals surface area contributed by atoms with Crippen LogP contribution < -0.4 is 11.1 Å². The Morgan fingerprint density at radius 2 is 2.11 bits per heavy atom. The third-order valence-electron chi connectivity index (χ3n) is 3.91. The third-order valence-corrected chi connectivity index (χ3v) is 3.91. The van der Waals surface area contributed by atoms with Crippen LogP contribution in [-0.2, 0) is 0 Å². The predicted molar refractivity (Wildman–Crippen MR) is 69.7 cm³/mol. The zero-order chi connectivity index (χ0) is 14.2. The van der Waals surface area contributed by atoms with Gasteiger partial charge in [-0.25, -0.2) is 8.78 Å². The first-order valence-electron chi connectivity index (χ1n) is 6.37. The van der Waals surface area contributed by atoms with E-state index in [4.69, 9.17) is 5.73 Å². The van der Waals surface area contributed by atoms with E-state index in [1.54, 1.807) is 0 Å². The molecule has 3 nitrogen and oxygen atoms in total. The van der Waals surface area contributed by atoms with Crippen molar-refractivity contribution >= 4 is 11.6 Å². The lowest BCUT2D eigenvalue weighted by molar-refractivity contribution is 0.0901. The fourth-order valence-corrected chi connectivity index (χ4v) is 2.60. The van der Waals surface area contributed by atoms with Crippen LogP contribution in [0.15, 0.2) is 12.1 Å². The van der Waals surface area contributed by atoms with Gasteiger partial charge in [0.1, 0.15) is 11.4 Å². The maximum Gasteiger partial charge on any atom is 0.257 e. The Hall–Kier alpha value is -1.65. The van der Waals surface area contributed by atoms with Gasteiger partial charge in [-0.2, -0.15) is 0 Å². The number of benzene rings is 1. The van der Waals surface area contributed by atoms with E-state index in [9.17, 15) is 13.6 Å². The minimum atomic E-state index is -0.992. The van der Waals surface area contributed by atoms with E-state index in [-0.39, 0.29) is 17.1 Å². The molecule has 1 aliphatic carbocycles. The first-order chi connectivity index (χ1) is 8.83. The minimum Gasteiger partial charge on any atom is -0.396 e. The van der Waals surface area contributed by atoms with Gasteiger partial charge < -0.3 is 11.1 Å². The van der Waals surface area contributed by atoms with Crippen molar-refractivity contribution in [2.45, 2.75) is 39.2 Å². The molecule has 0 aromatic heterocycles. The number of rotatable bonds is 2. The number of nitrogens with two attached hydrogens (primary N) is 1. The molecule has 1 unspecified atom stereocenters. The Morgan fingerprint density at radius 3 is 2.68 bits per heavy atom. The normalized spacial score (nSPS) is 21.4. The summed E-state index contributed by atoms with van der Waals surface area (Å²) in [7, 11) is 0. The number of carbonyl (C=O) groups is 1. The first-order valence-corrected chi connectivity index (χ1v) is 6.37. The van der Waals surface area contributed by atoms with E-state index < -0.39 is 23.1 Å². The summed E-state index contributed by atoms with van der Waals surface area (Å²) >= 11 is 0. The molecule has 1 amide bonds. The van der Waals surface area contributed by atoms with Gasteiger partial charge in [-0.1, -0.05) is 20.3 Å². The van der Waals surface area contributed by atoms with E-state index in [1.807, 2.05) is 13.8 Å². The van der Waals surface area contributed by atoms with E-state index in [1.165, 1.54) is 0 Å². The standard InChI is InChI=1S/C14H18F2N2O/c1-14(2)7-3-4-10(14)18-13(19)11-8(15)5-6-9(17)12(11)16/h5-6,10H,3-4,7,17H2,1-2H3,(H,18,19). The fraction of sp³-hybridized carbons (Fsp3) is 0.500. The van der Waals surface area contributed by atoms with Crippen molar-refractivity contribution in [2.75, 3.05) is 5.73 Å². The molecule has 3 N–H and O–H groups in total. The zero-order valence-corrected chi connectivity index (χ0v) is 11.1. The number of hydrogen-bond acceptors (Lipinski definition) is 2. The highest BCUT2D eigenvalue weighted by Gasteiger charge is 2.36. The molecule has 0 radical (unpaired) electrons. The molecule has 0 aliphatic heterocycles. The molecule has 2 rings (SSSR count). The van der Waals surface area contributed by atoms with Crippen LogP contribution in [-0.4, -0.2) is 11.9 Å². The Labute approximate surface area is 111 Å². The van der Waals surface area contributed by atoms with Crippen LogP contribution in [0.4, 0.5) is 14.5 Å². The van der Waals surface area contributed by atoms with Crippen LogP contribution in [0.3, 0.4) is 0 Å². The molecular weight excluding hydrogens is 250 g/mol. The molecule has 1 fully saturated rings. The van der Waals surface area contributed by atoms with E-state index in [2.05, 4.69) is 5.32 Å². The number of amides is 1. The molecule has 19 heavy (non-hydrogen) atoms. The molecule has 1 saturated carbocycles. The van der Waals surface area contributed by atoms with Gasteiger partial charge in [0.2, 0.25) is 0 Å². The molecule has 104 valence electrons. The molecule has 0 bridgehead atoms. The van der Waals surface area contributed by atoms with E-state index >= 15 is 0 Å². The Bertz CT molecular complexity index is 514. The lowest BCUT2D eigenvalue weighted by Gasteiger charge is -2.27. The molecule has 1 aromatic carbocycles. The van der Waals surface area contributed by atoms with Crippen LogP contribution >= 0.6 is 0 Å². The molecule has 1 aliphatic rings. The molecular formula is C14H18F2N2O. The van der Waals surface area contributed by atoms with Gasteiger partial charge in [0.15, 0.2) is 5.82 Å². The number of anilines is 1. The van der Waals surface area contributed by atoms with Crippen molar-refractivity contribution in [3.63, 3.8) is 0 Å². The van der Waals surface area contributed by atoms with Gasteiger partial charge in [0, 0.05) is 6.04 Å². The van der Waals surface area contributed by atoms with E-state index in [0.717, 1.165) is 31.4 Å². The molecule has 5 heteroatoms. The van der Waals surface area contributed by atoms with Crippen molar-refractivity contribution in [1.29, 1.82) is 0 Å². The fourth-order valence-electron chi connectivity index (χ4n) is 2.60. The smallest absolute Gasteiger partial charge is 0.257 e. The Kier molecular flexibility index (Phi) is 3.47. The summed E-state index contributed by atoms with van der Waals surface area (Å²) in [5.41, 5.74) is 4.49. The third kappa shape index (κ3) is 2.55. The lowest BCUT2D eigenvalue weighted by Crippen LogP contribution is -2.42. The van der Waals surface area contributed by atoms with Crippen LogP contribution in [0, 0.1) is 17.0 Å². The summed E-state index contributed by atoms with van der Waals surface area (Å²) in [5.74, 6) is -2.62. The van der Waals surface area contributed by atoms with Crippen LogP contribution in [0.5, 0.6) is 0 Å². The van der Waals surface area contributed by atoms with Gasteiger partial charge in [0.25, 0.3) is 5.91 Å². The summed E-state index contributed by atoms with van der Waals surface area (Å²) in [4.78, 5) is 12.0. The topological polar surface area (TPSA) is 55.1 Å². The van der Waals surface area contributed by atoms with Crippen LogP contribution in [0.1, 0.15) is 43.5 Å². The monoisotopic (exact) mass is 268 g/mol. The SMILES string of the molecule is CC1(C)CCCC1NC(=O)c1c(F)ccc(N)c1F. The lowest BCUT2D eigenvalue weighted by atomic mass is 9.87. The highest BCUT2D eigenvalue weighted by atomic mass is 19.1. The van der Waals surface area contributed by atoms with Gasteiger partial charge >= 0.3 is 0 Å². The van der Waals surface area contributed by atoms with E-state index in [0.29, 0.717) is 0 Å². The van der Waals surface area contributed by atoms with Crippen molar-refractivity contribution in [3.8, 4) is 0 Å². The predicted octanol–water partition coefficient (Wildman–Crippen LogP) is 2.86. The number of nitrogens with one attached hydrogen (secondary N) is 1. The van der Waals surface area contributed by atoms with Gasteiger partial charge in [-0.3, -0.25) is 4.79 Å². The second-order valence-corrected chi connectivity index (χ2v) is 5.73. The van der Waals surface area contributed by atoms with Crippen LogP contribution in [0.2, 0.25) is 0 Å². The first kappa shape index (κ1) is 13.8. The second kappa shape index (κ2) is 4.79. The van der Waals surface area contributed by atoms with Crippen molar-refractivity contribution in [3.05, 3.63) is 29.3 Å². The number of carbonyl (C=O) groups excluding carboxylic acids is 1. The Balaban J connectivity index is 2.24. The average molecular weight is 268 g/mol. The van der Waals surface area contributed by atoms with Gasteiger partial charge in [-0.15, -0.1) is 0 Å². The van der Waals surface area contributed by atoms with Crippen molar-refractivity contribution in [1.82, 2.24) is 5.32 Å². The van der Waals surface area contributed by atoms with Crippen molar-refractivity contribution in [2.24, 2.45) is 5.41 Å². The number of hydrogen-bond donors (Lipinski definition) is 2. The quantitative estimate of drug-likeness (QED) is 0.810. The highest BCUT2D eigenvalue weighted by molar-refractivity contribution is 5.96. The molecule has 1 aromatic rings. The van der Waals surface area contributed by atoms with Crippen molar-refractivity contribution < 1.29 is 13.6 Å². The number of halogens is 2. The molecule has 0 heterocycles. The van der Waals surface area contributed by atoms with Crippen LogP contribution in [0.25, 0.3) is 0 Å². The summed E-state index contributed by atoms with van der Waals surface area (Å²) < 4.78 is 27.3. The zero-order valence-electron chi connectivity index (χ0n) is 11.1. The number of nitrogen functional groups attached to an aromatic ring is 1. The molecule has 0 spiro atoms. The molecule has 0 saturated heterocycles. The molecule has 1 atom stereocenters. The summed E-state index contributed by atoms with van der Waals surface area (Å²) in [6.07, 6.45) is 2.81. The van der Waals surface area contributed by atoms with Gasteiger partial charge in [-0.05, 0) is 30.4 Å². The Morgan fingerprint density at radius 1 is 1.42 bits per heavy atom. The average Bonchev–Trinajstić information content (AvgIpc) is 2.64. The summed E-state index contributed by atoms with van der Waals surface area (Å²) in [6, 6.07) is 2.05. The van der Waals surface area contributed by atoms with Gasteiger partial charge in [0.05, 0.1) is 5.69 Å². The maximum absolute atomic E-state index is 13.8. The second-order valence-electron chi connectivity index (χ2n) is 5.73. The summed E-state index contributed by atoms with van der Waals surface area (Å²) in [5, 5.41) is 2.72. The maximum atomic E-state index is 13.8.